The van der Waals surface area contributed by atoms with Crippen molar-refractivity contribution < 1.29 is 0 Å². The second-order valence-electron chi connectivity index (χ2n) is 12.9. The molecule has 0 aliphatic heterocycles. The fraction of sp³-hybridized carbons (Fsp3) is 0. The first kappa shape index (κ1) is 29.5. The summed E-state index contributed by atoms with van der Waals surface area (Å²) in [7, 11) is 0. The zero-order chi connectivity index (χ0) is 33.7. The number of nitrogens with zero attached hydrogens (tertiary/aromatic N) is 2. The Morgan fingerprint density at radius 1 is 0.392 bits per heavy atom. The van der Waals surface area contributed by atoms with E-state index in [0.717, 1.165) is 17.1 Å². The Morgan fingerprint density at radius 3 is 1.76 bits per heavy atom. The van der Waals surface area contributed by atoms with Gasteiger partial charge < -0.3 is 9.47 Å². The zero-order valence-electron chi connectivity index (χ0n) is 27.8. The summed E-state index contributed by atoms with van der Waals surface area (Å²) in [6, 6.07) is 70.3. The van der Waals surface area contributed by atoms with Crippen molar-refractivity contribution in [3.8, 4) is 27.9 Å². The van der Waals surface area contributed by atoms with Crippen molar-refractivity contribution in [2.45, 2.75) is 0 Å². The number of benzene rings is 8. The Labute approximate surface area is 300 Å². The van der Waals surface area contributed by atoms with Gasteiger partial charge in [-0.05, 0) is 95.1 Å². The predicted molar refractivity (Wildman–Crippen MR) is 219 cm³/mol. The van der Waals surface area contributed by atoms with Crippen LogP contribution in [0.4, 0.5) is 17.1 Å². The second kappa shape index (κ2) is 12.2. The lowest BCUT2D eigenvalue weighted by Crippen LogP contribution is -2.10. The molecule has 0 aliphatic rings. The molecular formula is C48H32N2S. The zero-order valence-corrected chi connectivity index (χ0v) is 28.6. The van der Waals surface area contributed by atoms with Crippen LogP contribution in [0, 0.1) is 0 Å². The van der Waals surface area contributed by atoms with Gasteiger partial charge in [0.15, 0.2) is 0 Å². The Kier molecular flexibility index (Phi) is 7.04. The third-order valence-electron chi connectivity index (χ3n) is 9.98. The normalized spacial score (nSPS) is 11.5. The molecule has 3 heteroatoms. The van der Waals surface area contributed by atoms with Gasteiger partial charge in [0.25, 0.3) is 0 Å². The topological polar surface area (TPSA) is 8.17 Å². The number of rotatable bonds is 6. The predicted octanol–water partition coefficient (Wildman–Crippen LogP) is 14.0. The van der Waals surface area contributed by atoms with Gasteiger partial charge in [-0.1, -0.05) is 121 Å². The highest BCUT2D eigenvalue weighted by molar-refractivity contribution is 7.26. The molecule has 0 saturated carbocycles. The first-order valence-electron chi connectivity index (χ1n) is 17.4. The van der Waals surface area contributed by atoms with Gasteiger partial charge in [0.1, 0.15) is 0 Å². The summed E-state index contributed by atoms with van der Waals surface area (Å²) in [5.74, 6) is 0. The summed E-state index contributed by atoms with van der Waals surface area (Å²) < 4.78 is 5.00. The molecule has 0 unspecified atom stereocenters. The first-order chi connectivity index (χ1) is 25.3. The molecule has 0 aliphatic carbocycles. The molecule has 0 saturated heterocycles. The largest absolute Gasteiger partial charge is 0.310 e. The highest BCUT2D eigenvalue weighted by atomic mass is 32.1. The molecule has 10 rings (SSSR count). The third kappa shape index (κ3) is 4.93. The lowest BCUT2D eigenvalue weighted by Gasteiger charge is -2.26. The minimum absolute atomic E-state index is 1.12. The third-order valence-corrected chi connectivity index (χ3v) is 11.1. The maximum atomic E-state index is 2.40. The van der Waals surface area contributed by atoms with E-state index >= 15 is 0 Å². The number of hydrogen-bond donors (Lipinski definition) is 0. The highest BCUT2D eigenvalue weighted by Crippen LogP contribution is 2.46. The van der Waals surface area contributed by atoms with Gasteiger partial charge in [-0.3, -0.25) is 0 Å². The molecule has 8 aromatic carbocycles. The molecule has 0 amide bonds. The summed E-state index contributed by atoms with van der Waals surface area (Å²) >= 11 is 1.86. The van der Waals surface area contributed by atoms with Gasteiger partial charge in [0.05, 0.1) is 16.7 Å². The first-order valence-corrected chi connectivity index (χ1v) is 18.2. The molecule has 51 heavy (non-hydrogen) atoms. The van der Waals surface area contributed by atoms with Crippen LogP contribution in [0.15, 0.2) is 194 Å². The molecule has 240 valence electrons. The minimum atomic E-state index is 1.12. The molecular weight excluding hydrogens is 637 g/mol. The van der Waals surface area contributed by atoms with Crippen LogP contribution < -0.4 is 4.90 Å². The smallest absolute Gasteiger partial charge is 0.0554 e. The van der Waals surface area contributed by atoms with Crippen molar-refractivity contribution in [1.29, 1.82) is 0 Å². The Hall–Kier alpha value is -6.42. The van der Waals surface area contributed by atoms with E-state index in [4.69, 9.17) is 0 Å². The molecule has 0 N–H and O–H groups in total. The maximum Gasteiger partial charge on any atom is 0.0554 e. The lowest BCUT2D eigenvalue weighted by atomic mass is 9.92. The number of aromatic nitrogens is 1. The molecule has 2 nitrogen and oxygen atoms in total. The van der Waals surface area contributed by atoms with E-state index in [2.05, 4.69) is 204 Å². The summed E-state index contributed by atoms with van der Waals surface area (Å²) in [5, 5.41) is 5.08. The summed E-state index contributed by atoms with van der Waals surface area (Å²) in [5.41, 5.74) is 11.8. The number of para-hydroxylation sites is 3. The van der Waals surface area contributed by atoms with E-state index < -0.39 is 0 Å². The van der Waals surface area contributed by atoms with Crippen LogP contribution in [0.5, 0.6) is 0 Å². The van der Waals surface area contributed by atoms with Gasteiger partial charge in [0.2, 0.25) is 0 Å². The molecule has 0 atom stereocenters. The Balaban J connectivity index is 1.18. The maximum absolute atomic E-state index is 2.40. The van der Waals surface area contributed by atoms with E-state index in [1.807, 2.05) is 11.3 Å². The molecule has 0 spiro atoms. The van der Waals surface area contributed by atoms with Crippen LogP contribution in [0.1, 0.15) is 0 Å². The van der Waals surface area contributed by atoms with Crippen molar-refractivity contribution in [3.05, 3.63) is 194 Å². The van der Waals surface area contributed by atoms with E-state index in [9.17, 15) is 0 Å². The van der Waals surface area contributed by atoms with Crippen LogP contribution >= 0.6 is 11.3 Å². The fourth-order valence-corrected chi connectivity index (χ4v) is 8.83. The quantitative estimate of drug-likeness (QED) is 0.171. The van der Waals surface area contributed by atoms with Crippen molar-refractivity contribution >= 4 is 70.4 Å². The van der Waals surface area contributed by atoms with E-state index in [-0.39, 0.29) is 0 Å². The number of thiophene rings is 1. The van der Waals surface area contributed by atoms with Gasteiger partial charge >= 0.3 is 0 Å². The number of fused-ring (bicyclic) bond motifs is 6. The van der Waals surface area contributed by atoms with Crippen LogP contribution in [0.25, 0.3) is 69.9 Å². The minimum Gasteiger partial charge on any atom is -0.310 e. The second-order valence-corrected chi connectivity index (χ2v) is 14.0. The molecule has 2 heterocycles. The molecule has 0 radical (unpaired) electrons. The SMILES string of the molecule is c1ccc(-c2cc3c(cc2-c2ccc(N(c4ccccc4)c4cccc5sc6ccccc6c45)cc2)c2ccccc2n3-c2ccccc2)cc1. The summed E-state index contributed by atoms with van der Waals surface area (Å²) in [4.78, 5) is 2.40. The molecule has 10 aromatic rings. The van der Waals surface area contributed by atoms with Gasteiger partial charge in [-0.2, -0.15) is 0 Å². The van der Waals surface area contributed by atoms with E-state index in [0.29, 0.717) is 0 Å². The summed E-state index contributed by atoms with van der Waals surface area (Å²) in [6.07, 6.45) is 0. The Bertz CT molecular complexity index is 2830. The summed E-state index contributed by atoms with van der Waals surface area (Å²) in [6.45, 7) is 0. The van der Waals surface area contributed by atoms with E-state index in [1.54, 1.807) is 0 Å². The average molecular weight is 669 g/mol. The number of hydrogen-bond acceptors (Lipinski definition) is 2. The standard InChI is InChI=1S/C48H32N2S/c1-4-15-33(16-5-1)41-32-45-42(38-21-10-12-23-43(38)50(45)36-19-8-3-9-20-36)31-40(41)34-27-29-37(30-28-34)49(35-17-6-2-7-18-35)44-24-14-26-47-48(44)39-22-11-13-25-46(39)51-47/h1-32H. The van der Waals surface area contributed by atoms with Crippen molar-refractivity contribution in [2.24, 2.45) is 0 Å². The van der Waals surface area contributed by atoms with Crippen LogP contribution in [-0.2, 0) is 0 Å². The average Bonchev–Trinajstić information content (AvgIpc) is 3.75. The molecule has 0 bridgehead atoms. The monoisotopic (exact) mass is 668 g/mol. The van der Waals surface area contributed by atoms with Crippen LogP contribution in [-0.4, -0.2) is 4.57 Å². The lowest BCUT2D eigenvalue weighted by molar-refractivity contribution is 1.18. The van der Waals surface area contributed by atoms with Crippen molar-refractivity contribution in [3.63, 3.8) is 0 Å². The van der Waals surface area contributed by atoms with Gasteiger partial charge in [-0.25, -0.2) is 0 Å². The van der Waals surface area contributed by atoms with Crippen molar-refractivity contribution in [2.75, 3.05) is 4.90 Å². The molecule has 2 aromatic heterocycles. The Morgan fingerprint density at radius 2 is 0.980 bits per heavy atom. The fourth-order valence-electron chi connectivity index (χ4n) is 7.70. The highest BCUT2D eigenvalue weighted by Gasteiger charge is 2.20. The van der Waals surface area contributed by atoms with Gasteiger partial charge in [-0.15, -0.1) is 11.3 Å². The van der Waals surface area contributed by atoms with E-state index in [1.165, 1.54) is 69.9 Å². The number of anilines is 3. The van der Waals surface area contributed by atoms with Crippen molar-refractivity contribution in [1.82, 2.24) is 4.57 Å². The van der Waals surface area contributed by atoms with Crippen LogP contribution in [0.2, 0.25) is 0 Å². The molecule has 0 fully saturated rings. The van der Waals surface area contributed by atoms with Crippen LogP contribution in [0.3, 0.4) is 0 Å². The van der Waals surface area contributed by atoms with Gasteiger partial charge in [0, 0.05) is 48.0 Å².